The van der Waals surface area contributed by atoms with Crippen molar-refractivity contribution in [1.82, 2.24) is 14.7 Å². The summed E-state index contributed by atoms with van der Waals surface area (Å²) in [6.45, 7) is 4.89. The summed E-state index contributed by atoms with van der Waals surface area (Å²) in [4.78, 5) is 16.7. The van der Waals surface area contributed by atoms with E-state index in [1.807, 2.05) is 23.1 Å². The van der Waals surface area contributed by atoms with Crippen molar-refractivity contribution in [2.24, 2.45) is 7.05 Å². The maximum absolute atomic E-state index is 12.6. The van der Waals surface area contributed by atoms with Gasteiger partial charge < -0.3 is 9.80 Å². The van der Waals surface area contributed by atoms with E-state index in [4.69, 9.17) is 23.2 Å². The van der Waals surface area contributed by atoms with E-state index in [1.165, 1.54) is 16.4 Å². The normalized spacial score (nSPS) is 15.1. The Bertz CT molecular complexity index is 716. The molecule has 1 amide bonds. The van der Waals surface area contributed by atoms with Crippen molar-refractivity contribution in [3.8, 4) is 0 Å². The van der Waals surface area contributed by atoms with Crippen LogP contribution in [-0.4, -0.2) is 46.8 Å². The first-order valence-corrected chi connectivity index (χ1v) is 8.21. The molecule has 0 N–H and O–H groups in total. The van der Waals surface area contributed by atoms with Crippen molar-refractivity contribution >= 4 is 34.8 Å². The number of carbonyl (C=O) groups is 1. The molecule has 7 heteroatoms. The van der Waals surface area contributed by atoms with Crippen LogP contribution in [0.1, 0.15) is 16.1 Å². The van der Waals surface area contributed by atoms with E-state index in [9.17, 15) is 4.79 Å². The van der Waals surface area contributed by atoms with Crippen LogP contribution in [0.25, 0.3) is 0 Å². The number of benzene rings is 1. The molecule has 2 aromatic rings. The minimum absolute atomic E-state index is 0.0718. The number of carbonyl (C=O) groups excluding carboxylic acids is 1. The minimum Gasteiger partial charge on any atom is -0.368 e. The Labute approximate surface area is 145 Å². The molecule has 1 aromatic carbocycles. The summed E-state index contributed by atoms with van der Waals surface area (Å²) < 4.78 is 1.53. The lowest BCUT2D eigenvalue weighted by Gasteiger charge is -2.36. The minimum atomic E-state index is -0.0718. The van der Waals surface area contributed by atoms with Crippen molar-refractivity contribution < 1.29 is 4.79 Å². The van der Waals surface area contributed by atoms with E-state index in [1.54, 1.807) is 7.05 Å². The first kappa shape index (κ1) is 16.1. The van der Waals surface area contributed by atoms with Crippen molar-refractivity contribution in [3.05, 3.63) is 45.7 Å². The van der Waals surface area contributed by atoms with E-state index in [0.29, 0.717) is 23.8 Å². The van der Waals surface area contributed by atoms with Gasteiger partial charge in [-0.05, 0) is 24.6 Å². The molecule has 3 rings (SSSR count). The standard InChI is InChI=1S/C16H18Cl2N4O/c1-11-3-4-12(17)9-14(11)21-5-7-22(8-6-21)16(23)15-13(18)10-19-20(15)2/h3-4,9-10H,5-8H2,1-2H3. The van der Waals surface area contributed by atoms with Crippen LogP contribution < -0.4 is 4.90 Å². The smallest absolute Gasteiger partial charge is 0.273 e. The fourth-order valence-corrected chi connectivity index (χ4v) is 3.29. The lowest BCUT2D eigenvalue weighted by atomic mass is 10.1. The van der Waals surface area contributed by atoms with Crippen LogP contribution in [0.15, 0.2) is 24.4 Å². The molecule has 0 atom stereocenters. The van der Waals surface area contributed by atoms with Crippen LogP contribution in [0.4, 0.5) is 5.69 Å². The van der Waals surface area contributed by atoms with Gasteiger partial charge in [-0.3, -0.25) is 9.48 Å². The van der Waals surface area contributed by atoms with Gasteiger partial charge in [-0.15, -0.1) is 0 Å². The van der Waals surface area contributed by atoms with Gasteiger partial charge in [0.15, 0.2) is 0 Å². The van der Waals surface area contributed by atoms with E-state index in [0.717, 1.165) is 23.8 Å². The lowest BCUT2D eigenvalue weighted by molar-refractivity contribution is 0.0736. The van der Waals surface area contributed by atoms with Crippen molar-refractivity contribution in [2.45, 2.75) is 6.92 Å². The quantitative estimate of drug-likeness (QED) is 0.834. The van der Waals surface area contributed by atoms with Crippen molar-refractivity contribution in [2.75, 3.05) is 31.1 Å². The molecular formula is C16H18Cl2N4O. The van der Waals surface area contributed by atoms with E-state index in [2.05, 4.69) is 16.9 Å². The van der Waals surface area contributed by atoms with Crippen LogP contribution in [0.5, 0.6) is 0 Å². The number of hydrogen-bond acceptors (Lipinski definition) is 3. The highest BCUT2D eigenvalue weighted by atomic mass is 35.5. The van der Waals surface area contributed by atoms with Gasteiger partial charge in [-0.2, -0.15) is 5.10 Å². The van der Waals surface area contributed by atoms with Crippen molar-refractivity contribution in [3.63, 3.8) is 0 Å². The number of nitrogens with zero attached hydrogens (tertiary/aromatic N) is 4. The Morgan fingerprint density at radius 3 is 2.48 bits per heavy atom. The summed E-state index contributed by atoms with van der Waals surface area (Å²) in [6, 6.07) is 5.89. The predicted molar refractivity (Wildman–Crippen MR) is 92.5 cm³/mol. The van der Waals surface area contributed by atoms with Gasteiger partial charge in [0.2, 0.25) is 0 Å². The Kier molecular flexibility index (Phi) is 4.50. The maximum atomic E-state index is 12.6. The van der Waals surface area contributed by atoms with Gasteiger partial charge in [0.05, 0.1) is 11.2 Å². The second-order valence-electron chi connectivity index (χ2n) is 5.67. The second-order valence-corrected chi connectivity index (χ2v) is 6.52. The molecule has 1 aliphatic rings. The predicted octanol–water partition coefficient (Wildman–Crippen LogP) is 3.00. The van der Waals surface area contributed by atoms with Crippen LogP contribution >= 0.6 is 23.2 Å². The highest BCUT2D eigenvalue weighted by Crippen LogP contribution is 2.26. The maximum Gasteiger partial charge on any atom is 0.273 e. The zero-order valence-corrected chi connectivity index (χ0v) is 14.6. The van der Waals surface area contributed by atoms with E-state index >= 15 is 0 Å². The molecule has 0 unspecified atom stereocenters. The topological polar surface area (TPSA) is 41.4 Å². The molecule has 0 aliphatic carbocycles. The van der Waals surface area contributed by atoms with Gasteiger partial charge >= 0.3 is 0 Å². The average molecular weight is 353 g/mol. The zero-order valence-electron chi connectivity index (χ0n) is 13.1. The fourth-order valence-electron chi connectivity index (χ4n) is 2.87. The third-order valence-corrected chi connectivity index (χ3v) is 4.69. The summed E-state index contributed by atoms with van der Waals surface area (Å²) in [6.07, 6.45) is 1.50. The molecule has 5 nitrogen and oxygen atoms in total. The number of aryl methyl sites for hydroxylation is 2. The number of rotatable bonds is 2. The molecule has 0 radical (unpaired) electrons. The molecule has 1 fully saturated rings. The molecule has 23 heavy (non-hydrogen) atoms. The number of aromatic nitrogens is 2. The van der Waals surface area contributed by atoms with Crippen molar-refractivity contribution in [1.29, 1.82) is 0 Å². The molecule has 0 spiro atoms. The molecule has 1 aromatic heterocycles. The monoisotopic (exact) mass is 352 g/mol. The third kappa shape index (κ3) is 3.16. The van der Waals surface area contributed by atoms with Gasteiger partial charge in [-0.25, -0.2) is 0 Å². The lowest BCUT2D eigenvalue weighted by Crippen LogP contribution is -2.49. The van der Waals surface area contributed by atoms with Crippen LogP contribution in [0.2, 0.25) is 10.0 Å². The summed E-state index contributed by atoms with van der Waals surface area (Å²) in [7, 11) is 1.73. The number of anilines is 1. The van der Waals surface area contributed by atoms with Gasteiger partial charge in [0.25, 0.3) is 5.91 Å². The summed E-state index contributed by atoms with van der Waals surface area (Å²) in [5, 5.41) is 5.15. The molecule has 1 aliphatic heterocycles. The van der Waals surface area contributed by atoms with Gasteiger partial charge in [0, 0.05) is 43.9 Å². The number of piperazine rings is 1. The van der Waals surface area contributed by atoms with E-state index in [-0.39, 0.29) is 5.91 Å². The highest BCUT2D eigenvalue weighted by molar-refractivity contribution is 6.33. The third-order valence-electron chi connectivity index (χ3n) is 4.18. The molecular weight excluding hydrogens is 335 g/mol. The highest BCUT2D eigenvalue weighted by Gasteiger charge is 2.26. The second kappa shape index (κ2) is 6.42. The molecule has 122 valence electrons. The fraction of sp³-hybridized carbons (Fsp3) is 0.375. The Balaban J connectivity index is 1.71. The molecule has 2 heterocycles. The first-order valence-electron chi connectivity index (χ1n) is 7.45. The Morgan fingerprint density at radius 1 is 1.17 bits per heavy atom. The van der Waals surface area contributed by atoms with Crippen LogP contribution in [-0.2, 0) is 7.05 Å². The molecule has 0 saturated carbocycles. The molecule has 1 saturated heterocycles. The van der Waals surface area contributed by atoms with Crippen LogP contribution in [0, 0.1) is 6.92 Å². The Hall–Kier alpha value is -1.72. The van der Waals surface area contributed by atoms with E-state index < -0.39 is 0 Å². The average Bonchev–Trinajstić information content (AvgIpc) is 2.88. The summed E-state index contributed by atoms with van der Waals surface area (Å²) in [5.74, 6) is -0.0718. The SMILES string of the molecule is Cc1ccc(Cl)cc1N1CCN(C(=O)c2c(Cl)cnn2C)CC1. The number of hydrogen-bond donors (Lipinski definition) is 0. The largest absolute Gasteiger partial charge is 0.368 e. The summed E-state index contributed by atoms with van der Waals surface area (Å²) >= 11 is 12.2. The zero-order chi connectivity index (χ0) is 16.6. The summed E-state index contributed by atoms with van der Waals surface area (Å²) in [5.41, 5.74) is 2.76. The number of halogens is 2. The van der Waals surface area contributed by atoms with Crippen LogP contribution in [0.3, 0.4) is 0 Å². The Morgan fingerprint density at radius 2 is 1.87 bits per heavy atom. The first-order chi connectivity index (χ1) is 11.0. The number of amides is 1. The van der Waals surface area contributed by atoms with Gasteiger partial charge in [-0.1, -0.05) is 29.3 Å². The molecule has 0 bridgehead atoms. The van der Waals surface area contributed by atoms with Gasteiger partial charge in [0.1, 0.15) is 5.69 Å².